The SMILES string of the molecule is Nc1ncnc2c1ncn2[C@@H]1O[C@H](COP(=O)(O)OC2C(F)[C@@H](CO)O[C@H]2n2cnc3c(=O)[nH]cnc32)C(OC[P+](=O)O)C1F. The van der Waals surface area contributed by atoms with Crippen molar-refractivity contribution in [3.8, 4) is 0 Å². The number of phosphoric acid groups is 1. The first-order chi connectivity index (χ1) is 21.5. The predicted molar refractivity (Wildman–Crippen MR) is 143 cm³/mol. The molecule has 0 radical (unpaired) electrons. The minimum Gasteiger partial charge on any atom is -0.394 e. The van der Waals surface area contributed by atoms with Gasteiger partial charge in [0.15, 0.2) is 47.4 Å². The van der Waals surface area contributed by atoms with Crippen LogP contribution in [0.5, 0.6) is 0 Å². The number of aromatic nitrogens is 8. The van der Waals surface area contributed by atoms with E-state index in [1.807, 2.05) is 0 Å². The Labute approximate surface area is 249 Å². The molecular weight excluding hydrogens is 654 g/mol. The maximum Gasteiger partial charge on any atom is 0.534 e. The van der Waals surface area contributed by atoms with E-state index in [0.717, 1.165) is 23.5 Å². The minimum atomic E-state index is -5.23. The first-order valence-corrected chi connectivity index (χ1v) is 15.8. The Kier molecular flexibility index (Phi) is 8.69. The molecule has 4 aromatic heterocycles. The van der Waals surface area contributed by atoms with E-state index in [4.69, 9.17) is 29.0 Å². The van der Waals surface area contributed by atoms with E-state index in [0.29, 0.717) is 0 Å². The number of rotatable bonds is 11. The van der Waals surface area contributed by atoms with Crippen molar-refractivity contribution in [2.24, 2.45) is 0 Å². The molecule has 0 aliphatic carbocycles. The Balaban J connectivity index is 1.21. The third-order valence-electron chi connectivity index (χ3n) is 7.05. The molecule has 20 nitrogen and oxygen atoms in total. The fourth-order valence-electron chi connectivity index (χ4n) is 5.04. The standard InChI is InChI=1S/C21H23F2N9O11P2/c22-10-8(1-33)41-21(32-6-30-13-18(32)27-4-28-19(13)34)15(10)43-45(37,38)40-2-9-14(39-7-44(35)36)11(23)20(42-9)31-5-29-12-16(24)25-3-26-17(12)31/h3-6,8-11,14-15,20-21,33H,1-2,7H2,(H4-,24,25,26,27,28,34,35,36,37,38)/p+1/t8-,9-,10?,11?,14?,15?,20-,21-/m1/s1. The van der Waals surface area contributed by atoms with Crippen LogP contribution in [0.25, 0.3) is 22.3 Å². The second-order valence-corrected chi connectivity index (χ2v) is 12.2. The number of alkyl halides is 2. The van der Waals surface area contributed by atoms with Crippen LogP contribution in [0.2, 0.25) is 0 Å². The molecule has 45 heavy (non-hydrogen) atoms. The number of ether oxygens (including phenoxy) is 3. The van der Waals surface area contributed by atoms with Crippen LogP contribution in [-0.2, 0) is 32.4 Å². The average molecular weight is 678 g/mol. The number of halogens is 2. The van der Waals surface area contributed by atoms with Gasteiger partial charge in [0, 0.05) is 0 Å². The van der Waals surface area contributed by atoms with Crippen molar-refractivity contribution in [1.29, 1.82) is 0 Å². The molecular formula is C21H24F2N9O11P2+. The van der Waals surface area contributed by atoms with Gasteiger partial charge in [-0.25, -0.2) is 38.3 Å². The zero-order chi connectivity index (χ0) is 32.0. The lowest BCUT2D eigenvalue weighted by atomic mass is 10.1. The summed E-state index contributed by atoms with van der Waals surface area (Å²) in [6.45, 7) is -1.72. The van der Waals surface area contributed by atoms with E-state index < -0.39 is 90.2 Å². The van der Waals surface area contributed by atoms with Gasteiger partial charge >= 0.3 is 15.9 Å². The molecule has 0 bridgehead atoms. The number of anilines is 1. The van der Waals surface area contributed by atoms with Crippen LogP contribution in [0.1, 0.15) is 12.5 Å². The summed E-state index contributed by atoms with van der Waals surface area (Å²) in [7, 11) is -8.10. The quantitative estimate of drug-likeness (QED) is 0.126. The molecule has 0 aromatic carbocycles. The second-order valence-electron chi connectivity index (χ2n) is 9.79. The number of aromatic amines is 1. The lowest BCUT2D eigenvalue weighted by Crippen LogP contribution is -2.35. The zero-order valence-corrected chi connectivity index (χ0v) is 24.3. The summed E-state index contributed by atoms with van der Waals surface area (Å²) in [6.07, 6.45) is -10.1. The lowest BCUT2D eigenvalue weighted by molar-refractivity contribution is -0.0645. The molecule has 2 fully saturated rings. The van der Waals surface area contributed by atoms with Crippen molar-refractivity contribution in [3.63, 3.8) is 0 Å². The highest BCUT2D eigenvalue weighted by Crippen LogP contribution is 2.51. The number of fused-ring (bicyclic) bond motifs is 2. The molecule has 6 heterocycles. The van der Waals surface area contributed by atoms with Crippen LogP contribution < -0.4 is 11.3 Å². The number of aliphatic hydroxyl groups is 1. The van der Waals surface area contributed by atoms with Crippen LogP contribution in [0.4, 0.5) is 14.6 Å². The number of imidazole rings is 2. The molecule has 242 valence electrons. The summed E-state index contributed by atoms with van der Waals surface area (Å²) >= 11 is 0. The van der Waals surface area contributed by atoms with Crippen molar-refractivity contribution < 1.29 is 56.1 Å². The van der Waals surface area contributed by atoms with Crippen LogP contribution in [0, 0.1) is 0 Å². The topological polar surface area (TPSA) is 274 Å². The molecule has 0 spiro atoms. The van der Waals surface area contributed by atoms with Gasteiger partial charge in [0.25, 0.3) is 11.9 Å². The summed E-state index contributed by atoms with van der Waals surface area (Å²) in [6, 6.07) is 0. The first-order valence-electron chi connectivity index (χ1n) is 12.9. The maximum atomic E-state index is 15.7. The van der Waals surface area contributed by atoms with Crippen LogP contribution in [0.3, 0.4) is 0 Å². The molecule has 6 N–H and O–H groups in total. The average Bonchev–Trinajstić information content (AvgIpc) is 3.76. The zero-order valence-electron chi connectivity index (χ0n) is 22.5. The molecule has 2 saturated heterocycles. The van der Waals surface area contributed by atoms with E-state index in [1.54, 1.807) is 0 Å². The number of H-pyrrole nitrogens is 1. The third kappa shape index (κ3) is 5.97. The van der Waals surface area contributed by atoms with Gasteiger partial charge in [-0.3, -0.25) is 23.0 Å². The number of phosphoric ester groups is 1. The molecule has 2 aliphatic heterocycles. The monoisotopic (exact) mass is 678 g/mol. The number of nitrogen functional groups attached to an aromatic ring is 1. The maximum absolute atomic E-state index is 15.7. The summed E-state index contributed by atoms with van der Waals surface area (Å²) in [4.78, 5) is 53.9. The minimum absolute atomic E-state index is 0.00515. The van der Waals surface area contributed by atoms with E-state index >= 15 is 8.78 Å². The summed E-state index contributed by atoms with van der Waals surface area (Å²) in [5.74, 6) is 0.00515. The number of hydrogen-bond acceptors (Lipinski definition) is 15. The molecule has 6 unspecified atom stereocenters. The van der Waals surface area contributed by atoms with Crippen molar-refractivity contribution in [2.75, 3.05) is 25.3 Å². The van der Waals surface area contributed by atoms with Crippen LogP contribution in [-0.4, -0.2) is 110 Å². The largest absolute Gasteiger partial charge is 0.534 e. The number of nitrogens with two attached hydrogens (primary N) is 1. The van der Waals surface area contributed by atoms with Gasteiger partial charge in [0.05, 0.1) is 32.2 Å². The summed E-state index contributed by atoms with van der Waals surface area (Å²) in [5.41, 5.74) is 5.18. The Hall–Kier alpha value is -3.43. The van der Waals surface area contributed by atoms with Crippen molar-refractivity contribution >= 4 is 44.0 Å². The number of nitrogens with zero attached hydrogens (tertiary/aromatic N) is 7. The molecule has 4 aromatic rings. The van der Waals surface area contributed by atoms with Gasteiger partial charge in [-0.15, -0.1) is 0 Å². The van der Waals surface area contributed by atoms with Gasteiger partial charge in [0.2, 0.25) is 0 Å². The van der Waals surface area contributed by atoms with Gasteiger partial charge in [-0.05, 0) is 4.57 Å². The van der Waals surface area contributed by atoms with Crippen molar-refractivity contribution in [1.82, 2.24) is 39.0 Å². The lowest BCUT2D eigenvalue weighted by Gasteiger charge is -2.24. The van der Waals surface area contributed by atoms with Gasteiger partial charge in [-0.2, -0.15) is 4.89 Å². The van der Waals surface area contributed by atoms with Gasteiger partial charge in [-0.1, -0.05) is 0 Å². The molecule has 10 atom stereocenters. The normalized spacial score (nSPS) is 30.3. The smallest absolute Gasteiger partial charge is 0.394 e. The molecule has 2 aliphatic rings. The molecule has 0 amide bonds. The Bertz CT molecular complexity index is 1830. The van der Waals surface area contributed by atoms with Gasteiger partial charge < -0.3 is 34.9 Å². The van der Waals surface area contributed by atoms with Crippen LogP contribution >= 0.6 is 15.9 Å². The van der Waals surface area contributed by atoms with E-state index in [2.05, 4.69) is 29.9 Å². The number of aliphatic hydroxyl groups excluding tert-OH is 1. The first kappa shape index (κ1) is 31.5. The fourth-order valence-corrected chi connectivity index (χ4v) is 6.26. The van der Waals surface area contributed by atoms with Gasteiger partial charge in [0.1, 0.15) is 36.3 Å². The summed E-state index contributed by atoms with van der Waals surface area (Å²) < 4.78 is 84.3. The Morgan fingerprint density at radius 3 is 2.44 bits per heavy atom. The van der Waals surface area contributed by atoms with E-state index in [1.165, 1.54) is 10.9 Å². The highest BCUT2D eigenvalue weighted by molar-refractivity contribution is 7.47. The van der Waals surface area contributed by atoms with Crippen molar-refractivity contribution in [2.45, 2.75) is 49.2 Å². The third-order valence-corrected chi connectivity index (χ3v) is 8.40. The fraction of sp³-hybridized carbons (Fsp3) is 0.524. The highest BCUT2D eigenvalue weighted by Gasteiger charge is 2.52. The predicted octanol–water partition coefficient (Wildman–Crippen LogP) is -0.415. The number of hydrogen-bond donors (Lipinski definition) is 5. The molecule has 6 rings (SSSR count). The van der Waals surface area contributed by atoms with E-state index in [9.17, 15) is 28.8 Å². The Morgan fingerprint density at radius 2 is 1.71 bits per heavy atom. The van der Waals surface area contributed by atoms with Crippen molar-refractivity contribution in [3.05, 3.63) is 35.7 Å². The highest BCUT2D eigenvalue weighted by atomic mass is 31.2. The van der Waals surface area contributed by atoms with Crippen LogP contribution in [0.15, 0.2) is 30.1 Å². The molecule has 24 heteroatoms. The Morgan fingerprint density at radius 1 is 1.02 bits per heavy atom. The number of nitrogens with one attached hydrogen (secondary N) is 1. The second kappa shape index (κ2) is 12.4. The van der Waals surface area contributed by atoms with E-state index in [-0.39, 0.29) is 28.1 Å². The molecule has 0 saturated carbocycles. The summed E-state index contributed by atoms with van der Waals surface area (Å²) in [5, 5.41) is 9.60.